The highest BCUT2D eigenvalue weighted by atomic mass is 32.1. The van der Waals surface area contributed by atoms with E-state index in [9.17, 15) is 4.79 Å². The minimum absolute atomic E-state index is 0.210. The van der Waals surface area contributed by atoms with Gasteiger partial charge in [0.05, 0.1) is 0 Å². The molecule has 1 heterocycles. The van der Waals surface area contributed by atoms with E-state index in [0.29, 0.717) is 11.7 Å². The van der Waals surface area contributed by atoms with Crippen LogP contribution in [0.5, 0.6) is 0 Å². The van der Waals surface area contributed by atoms with Crippen molar-refractivity contribution in [3.63, 3.8) is 0 Å². The van der Waals surface area contributed by atoms with Gasteiger partial charge >= 0.3 is 5.97 Å². The fraction of sp³-hybridized carbons (Fsp3) is 0.545. The normalized spacial score (nSPS) is 11.5. The first-order valence-corrected chi connectivity index (χ1v) is 6.67. The van der Waals surface area contributed by atoms with Gasteiger partial charge in [0.2, 0.25) is 5.71 Å². The van der Waals surface area contributed by atoms with Crippen molar-refractivity contribution in [2.75, 3.05) is 12.3 Å². The fourth-order valence-electron chi connectivity index (χ4n) is 1.30. The van der Waals surface area contributed by atoms with Crippen molar-refractivity contribution < 1.29 is 14.7 Å². The van der Waals surface area contributed by atoms with Crippen molar-refractivity contribution in [1.29, 1.82) is 0 Å². The second kappa shape index (κ2) is 7.65. The predicted molar refractivity (Wildman–Crippen MR) is 70.8 cm³/mol. The highest BCUT2D eigenvalue weighted by Gasteiger charge is 2.16. The first kappa shape index (κ1) is 14.4. The van der Waals surface area contributed by atoms with Gasteiger partial charge in [-0.2, -0.15) is 0 Å². The van der Waals surface area contributed by atoms with E-state index < -0.39 is 5.97 Å². The van der Waals surface area contributed by atoms with Crippen molar-refractivity contribution in [1.82, 2.24) is 4.98 Å². The molecule has 0 saturated heterocycles. The molecule has 18 heavy (non-hydrogen) atoms. The maximum absolute atomic E-state index is 11.0. The summed E-state index contributed by atoms with van der Waals surface area (Å²) in [5, 5.41) is 14.5. The molecule has 0 aromatic carbocycles. The lowest BCUT2D eigenvalue weighted by molar-refractivity contribution is -0.129. The first-order chi connectivity index (χ1) is 8.65. The number of hydrogen-bond acceptors (Lipinski definition) is 6. The van der Waals surface area contributed by atoms with E-state index >= 15 is 0 Å². The maximum atomic E-state index is 11.0. The van der Waals surface area contributed by atoms with Crippen LogP contribution in [0.2, 0.25) is 0 Å². The Labute approximate surface area is 109 Å². The molecule has 0 fully saturated rings. The Kier molecular flexibility index (Phi) is 6.13. The number of nitrogens with two attached hydrogens (primary N) is 1. The molecule has 0 aliphatic heterocycles. The van der Waals surface area contributed by atoms with Crippen molar-refractivity contribution >= 4 is 28.1 Å². The molecule has 1 aromatic heterocycles. The molecular weight excluding hydrogens is 254 g/mol. The van der Waals surface area contributed by atoms with E-state index in [1.54, 1.807) is 5.38 Å². The maximum Gasteiger partial charge on any atom is 0.360 e. The monoisotopic (exact) mass is 271 g/mol. The Hall–Kier alpha value is -1.63. The number of aliphatic carboxylic acids is 1. The van der Waals surface area contributed by atoms with Crippen molar-refractivity contribution in [2.24, 2.45) is 5.16 Å². The number of carboxylic acids is 1. The van der Waals surface area contributed by atoms with Crippen LogP contribution in [0.3, 0.4) is 0 Å². The molecule has 0 unspecified atom stereocenters. The molecule has 6 nitrogen and oxygen atoms in total. The van der Waals surface area contributed by atoms with E-state index in [2.05, 4.69) is 17.1 Å². The van der Waals surface area contributed by atoms with Gasteiger partial charge in [-0.1, -0.05) is 24.9 Å². The van der Waals surface area contributed by atoms with Crippen LogP contribution in [-0.4, -0.2) is 28.4 Å². The van der Waals surface area contributed by atoms with E-state index in [1.807, 2.05) is 0 Å². The third kappa shape index (κ3) is 4.70. The summed E-state index contributed by atoms with van der Waals surface area (Å²) in [4.78, 5) is 19.9. The molecule has 0 radical (unpaired) electrons. The number of nitrogen functional groups attached to an aromatic ring is 1. The largest absolute Gasteiger partial charge is 0.476 e. The number of anilines is 1. The number of unbranched alkanes of at least 4 members (excludes halogenated alkanes) is 3. The molecule has 1 rings (SSSR count). The lowest BCUT2D eigenvalue weighted by Gasteiger charge is -2.00. The van der Waals surface area contributed by atoms with E-state index in [-0.39, 0.29) is 11.4 Å². The molecular formula is C11H17N3O3S. The molecule has 0 spiro atoms. The van der Waals surface area contributed by atoms with E-state index in [1.165, 1.54) is 11.3 Å². The standard InChI is InChI=1S/C11H17N3O3S/c1-2-3-4-5-6-17-14-9(10(15)16)8-7-18-11(12)13-8/h7H,2-6H2,1H3,(H2,12,13)(H,15,16). The highest BCUT2D eigenvalue weighted by molar-refractivity contribution is 7.13. The van der Waals surface area contributed by atoms with Gasteiger partial charge in [-0.3, -0.25) is 0 Å². The zero-order chi connectivity index (χ0) is 13.4. The molecule has 3 N–H and O–H groups in total. The summed E-state index contributed by atoms with van der Waals surface area (Å²) in [7, 11) is 0. The molecule has 0 saturated carbocycles. The Morgan fingerprint density at radius 1 is 1.56 bits per heavy atom. The molecule has 0 atom stereocenters. The van der Waals surface area contributed by atoms with Crippen LogP contribution in [0.25, 0.3) is 0 Å². The Morgan fingerprint density at radius 3 is 2.89 bits per heavy atom. The van der Waals surface area contributed by atoms with Gasteiger partial charge in [-0.15, -0.1) is 11.3 Å². The number of rotatable bonds is 8. The fourth-order valence-corrected chi connectivity index (χ4v) is 1.84. The lowest BCUT2D eigenvalue weighted by Crippen LogP contribution is -2.15. The number of nitrogens with zero attached hydrogens (tertiary/aromatic N) is 2. The van der Waals surface area contributed by atoms with Gasteiger partial charge in [0.15, 0.2) is 5.13 Å². The van der Waals surface area contributed by atoms with Gasteiger partial charge in [-0.25, -0.2) is 9.78 Å². The Bertz CT molecular complexity index is 417. The summed E-state index contributed by atoms with van der Waals surface area (Å²) in [6, 6.07) is 0. The first-order valence-electron chi connectivity index (χ1n) is 5.79. The Morgan fingerprint density at radius 2 is 2.33 bits per heavy atom. The molecule has 0 aliphatic rings. The van der Waals surface area contributed by atoms with Crippen LogP contribution in [-0.2, 0) is 9.63 Å². The van der Waals surface area contributed by atoms with Crippen molar-refractivity contribution in [3.05, 3.63) is 11.1 Å². The molecule has 100 valence electrons. The smallest absolute Gasteiger partial charge is 0.360 e. The predicted octanol–water partition coefficient (Wildman–Crippen LogP) is 2.11. The minimum Gasteiger partial charge on any atom is -0.476 e. The average molecular weight is 271 g/mol. The van der Waals surface area contributed by atoms with Gasteiger partial charge in [0, 0.05) is 5.38 Å². The number of aromatic nitrogens is 1. The molecule has 0 aliphatic carbocycles. The summed E-state index contributed by atoms with van der Waals surface area (Å²) in [5.74, 6) is -1.17. The second-order valence-electron chi connectivity index (χ2n) is 3.71. The number of oxime groups is 1. The summed E-state index contributed by atoms with van der Waals surface area (Å²) in [6.45, 7) is 2.53. The summed E-state index contributed by atoms with van der Waals surface area (Å²) >= 11 is 1.17. The summed E-state index contributed by atoms with van der Waals surface area (Å²) in [5.41, 5.74) is 5.47. The van der Waals surface area contributed by atoms with Gasteiger partial charge < -0.3 is 15.7 Å². The van der Waals surface area contributed by atoms with Gasteiger partial charge in [-0.05, 0) is 12.8 Å². The third-order valence-electron chi connectivity index (χ3n) is 2.21. The van der Waals surface area contributed by atoms with E-state index in [4.69, 9.17) is 15.7 Å². The molecule has 1 aromatic rings. The van der Waals surface area contributed by atoms with Crippen LogP contribution in [0.15, 0.2) is 10.5 Å². The molecule has 0 amide bonds. The summed E-state index contributed by atoms with van der Waals surface area (Å²) < 4.78 is 0. The second-order valence-corrected chi connectivity index (χ2v) is 4.60. The number of hydrogen-bond donors (Lipinski definition) is 2. The molecule has 7 heteroatoms. The highest BCUT2D eigenvalue weighted by Crippen LogP contribution is 2.12. The Balaban J connectivity index is 2.50. The zero-order valence-corrected chi connectivity index (χ0v) is 11.1. The molecule has 0 bridgehead atoms. The van der Waals surface area contributed by atoms with Crippen LogP contribution in [0, 0.1) is 0 Å². The van der Waals surface area contributed by atoms with Crippen LogP contribution in [0.4, 0.5) is 5.13 Å². The zero-order valence-electron chi connectivity index (χ0n) is 10.3. The quantitative estimate of drug-likeness (QED) is 0.428. The van der Waals surface area contributed by atoms with Gasteiger partial charge in [0.1, 0.15) is 12.3 Å². The topological polar surface area (TPSA) is 97.8 Å². The van der Waals surface area contributed by atoms with Crippen molar-refractivity contribution in [3.8, 4) is 0 Å². The van der Waals surface area contributed by atoms with Gasteiger partial charge in [0.25, 0.3) is 0 Å². The van der Waals surface area contributed by atoms with Crippen molar-refractivity contribution in [2.45, 2.75) is 32.6 Å². The number of thiazole rings is 1. The van der Waals surface area contributed by atoms with Crippen LogP contribution >= 0.6 is 11.3 Å². The van der Waals surface area contributed by atoms with Crippen LogP contribution < -0.4 is 5.73 Å². The summed E-state index contributed by atoms with van der Waals surface area (Å²) in [6.07, 6.45) is 4.20. The lowest BCUT2D eigenvalue weighted by atomic mass is 10.2. The average Bonchev–Trinajstić information content (AvgIpc) is 2.74. The minimum atomic E-state index is -1.17. The number of carbonyl (C=O) groups is 1. The SMILES string of the molecule is CCCCCCON=C(C(=O)O)c1csc(N)n1. The third-order valence-corrected chi connectivity index (χ3v) is 2.89. The number of carboxylic acid groups (broad SMARTS) is 1. The van der Waals surface area contributed by atoms with Crippen LogP contribution in [0.1, 0.15) is 38.3 Å². The van der Waals surface area contributed by atoms with E-state index in [0.717, 1.165) is 25.7 Å².